The first-order valence-electron chi connectivity index (χ1n) is 9.91. The second-order valence-electron chi connectivity index (χ2n) is 7.99. The van der Waals surface area contributed by atoms with Crippen LogP contribution in [0.2, 0.25) is 0 Å². The summed E-state index contributed by atoms with van der Waals surface area (Å²) in [6.07, 6.45) is 0.170. The van der Waals surface area contributed by atoms with Crippen molar-refractivity contribution in [3.63, 3.8) is 0 Å². The molecule has 1 unspecified atom stereocenters. The molecule has 1 aromatic carbocycles. The van der Waals surface area contributed by atoms with E-state index >= 15 is 0 Å². The Labute approximate surface area is 172 Å². The first-order chi connectivity index (χ1) is 14.1. The molecule has 30 heavy (non-hydrogen) atoms. The molecule has 3 aliphatic rings. The van der Waals surface area contributed by atoms with Crippen LogP contribution >= 0.6 is 0 Å². The minimum Gasteiger partial charge on any atom is -0.333 e. The van der Waals surface area contributed by atoms with Gasteiger partial charge in [0, 0.05) is 18.8 Å². The van der Waals surface area contributed by atoms with Crippen LogP contribution in [-0.4, -0.2) is 49.8 Å². The van der Waals surface area contributed by atoms with E-state index < -0.39 is 39.9 Å². The van der Waals surface area contributed by atoms with Gasteiger partial charge in [0.05, 0.1) is 5.25 Å². The predicted octanol–water partition coefficient (Wildman–Crippen LogP) is 2.28. The Morgan fingerprint density at radius 3 is 2.20 bits per heavy atom. The van der Waals surface area contributed by atoms with E-state index in [0.29, 0.717) is 10.6 Å². The number of halogens is 3. The van der Waals surface area contributed by atoms with Gasteiger partial charge in [-0.05, 0) is 67.2 Å². The number of hydrogen-bond acceptors (Lipinski definition) is 4. The van der Waals surface area contributed by atoms with E-state index in [0.717, 1.165) is 49.7 Å². The lowest BCUT2D eigenvalue weighted by Crippen LogP contribution is -2.44. The summed E-state index contributed by atoms with van der Waals surface area (Å²) < 4.78 is 64.7. The summed E-state index contributed by atoms with van der Waals surface area (Å²) in [6.45, 7) is -0.928. The number of carbonyl (C=O) groups excluding carboxylic acids is 2. The second kappa shape index (κ2) is 7.44. The van der Waals surface area contributed by atoms with E-state index in [1.165, 1.54) is 11.1 Å². The number of fused-ring (bicyclic) bond motifs is 2. The molecule has 1 aromatic rings. The number of nitrogens with zero attached hydrogens (tertiary/aromatic N) is 1. The molecule has 1 heterocycles. The molecule has 3 amide bonds. The fourth-order valence-electron chi connectivity index (χ4n) is 4.66. The maximum atomic E-state index is 12.6. The first kappa shape index (κ1) is 21.0. The van der Waals surface area contributed by atoms with Crippen LogP contribution in [-0.2, 0) is 40.5 Å². The van der Waals surface area contributed by atoms with Gasteiger partial charge in [-0.2, -0.15) is 13.2 Å². The van der Waals surface area contributed by atoms with Gasteiger partial charge in [-0.25, -0.2) is 17.9 Å². The molecule has 2 aliphatic carbocycles. The third kappa shape index (κ3) is 3.86. The van der Waals surface area contributed by atoms with Gasteiger partial charge >= 0.3 is 18.1 Å². The van der Waals surface area contributed by atoms with Crippen molar-refractivity contribution >= 4 is 27.6 Å². The summed E-state index contributed by atoms with van der Waals surface area (Å²) in [4.78, 5) is 24.3. The third-order valence-electron chi connectivity index (χ3n) is 6.06. The van der Waals surface area contributed by atoms with Gasteiger partial charge in [0.25, 0.3) is 0 Å². The summed E-state index contributed by atoms with van der Waals surface area (Å²) in [5.74, 6) is -2.07. The molecule has 164 valence electrons. The molecule has 0 aromatic heterocycles. The summed E-state index contributed by atoms with van der Waals surface area (Å²) in [5.41, 5.74) is 5.08. The molecule has 2 N–H and O–H groups in total. The van der Waals surface area contributed by atoms with Gasteiger partial charge in [0.15, 0.2) is 0 Å². The van der Waals surface area contributed by atoms with E-state index in [1.807, 2.05) is 4.72 Å². The standard InChI is InChI=1S/C19H22F3N3O4S/c20-19(21,22)17(26)25-8-7-13(10-25)30(28,29)24-18(27)23-16-14-5-1-3-11(14)9-12-4-2-6-15(12)16/h9,13H,1-8,10H2,(H2,23,24,27). The van der Waals surface area contributed by atoms with Gasteiger partial charge < -0.3 is 10.2 Å². The smallest absolute Gasteiger partial charge is 0.333 e. The molecule has 0 radical (unpaired) electrons. The Morgan fingerprint density at radius 1 is 1.03 bits per heavy atom. The highest BCUT2D eigenvalue weighted by Gasteiger charge is 2.46. The van der Waals surface area contributed by atoms with E-state index in [9.17, 15) is 31.2 Å². The number of alkyl halides is 3. The van der Waals surface area contributed by atoms with Crippen LogP contribution in [0.3, 0.4) is 0 Å². The van der Waals surface area contributed by atoms with Gasteiger partial charge in [0.1, 0.15) is 0 Å². The van der Waals surface area contributed by atoms with Crippen LogP contribution in [0, 0.1) is 0 Å². The topological polar surface area (TPSA) is 95.6 Å². The fraction of sp³-hybridized carbons (Fsp3) is 0.579. The molecular weight excluding hydrogens is 423 g/mol. The number of anilines is 1. The maximum Gasteiger partial charge on any atom is 0.471 e. The van der Waals surface area contributed by atoms with Crippen molar-refractivity contribution in [3.8, 4) is 0 Å². The SMILES string of the molecule is O=C(Nc1c2c(cc3c1CCC3)CCC2)NS(=O)(=O)C1CCN(C(=O)C(F)(F)F)C1. The average Bonchev–Trinajstić information content (AvgIpc) is 3.39. The zero-order chi connectivity index (χ0) is 21.7. The molecule has 1 atom stereocenters. The van der Waals surface area contributed by atoms with Gasteiger partial charge in [-0.15, -0.1) is 0 Å². The molecule has 1 saturated heterocycles. The first-order valence-corrected chi connectivity index (χ1v) is 11.5. The highest BCUT2D eigenvalue weighted by Crippen LogP contribution is 2.38. The van der Waals surface area contributed by atoms with Gasteiger partial charge in [-0.3, -0.25) is 4.79 Å². The summed E-state index contributed by atoms with van der Waals surface area (Å²) in [7, 11) is -4.24. The predicted molar refractivity (Wildman–Crippen MR) is 103 cm³/mol. The molecule has 1 aliphatic heterocycles. The number of sulfonamides is 1. The Balaban J connectivity index is 1.46. The number of nitrogens with one attached hydrogen (secondary N) is 2. The molecule has 11 heteroatoms. The Morgan fingerprint density at radius 2 is 1.63 bits per heavy atom. The third-order valence-corrected chi connectivity index (χ3v) is 7.79. The van der Waals surface area contributed by atoms with Crippen LogP contribution < -0.4 is 10.0 Å². The molecule has 0 bridgehead atoms. The monoisotopic (exact) mass is 445 g/mol. The molecule has 0 spiro atoms. The van der Waals surface area contributed by atoms with Crippen molar-refractivity contribution in [3.05, 3.63) is 28.3 Å². The quantitative estimate of drug-likeness (QED) is 0.746. The van der Waals surface area contributed by atoms with E-state index in [4.69, 9.17) is 0 Å². The molecule has 7 nitrogen and oxygen atoms in total. The average molecular weight is 445 g/mol. The molecule has 1 fully saturated rings. The van der Waals surface area contributed by atoms with Gasteiger partial charge in [-0.1, -0.05) is 6.07 Å². The number of amides is 3. The number of benzene rings is 1. The van der Waals surface area contributed by atoms with Crippen LogP contribution in [0.5, 0.6) is 0 Å². The van der Waals surface area contributed by atoms with E-state index in [1.54, 1.807) is 0 Å². The lowest BCUT2D eigenvalue weighted by molar-refractivity contribution is -0.184. The number of aryl methyl sites for hydroxylation is 2. The fourth-order valence-corrected chi connectivity index (χ4v) is 5.93. The minimum absolute atomic E-state index is 0.166. The Hall–Kier alpha value is -2.30. The van der Waals surface area contributed by atoms with Crippen molar-refractivity contribution in [1.29, 1.82) is 0 Å². The number of urea groups is 1. The lowest BCUT2D eigenvalue weighted by Gasteiger charge is -2.19. The van der Waals surface area contributed by atoms with E-state index in [2.05, 4.69) is 11.4 Å². The van der Waals surface area contributed by atoms with Crippen molar-refractivity contribution < 1.29 is 31.2 Å². The Kier molecular flexibility index (Phi) is 5.19. The number of hydrogen-bond donors (Lipinski definition) is 2. The van der Waals surface area contributed by atoms with Crippen molar-refractivity contribution in [2.75, 3.05) is 18.4 Å². The largest absolute Gasteiger partial charge is 0.471 e. The zero-order valence-corrected chi connectivity index (χ0v) is 17.0. The molecular formula is C19H22F3N3O4S. The van der Waals surface area contributed by atoms with Crippen molar-refractivity contribution in [2.24, 2.45) is 0 Å². The normalized spacial score (nSPS) is 20.8. The Bertz CT molecular complexity index is 975. The summed E-state index contributed by atoms with van der Waals surface area (Å²) >= 11 is 0. The highest BCUT2D eigenvalue weighted by atomic mass is 32.2. The van der Waals surface area contributed by atoms with Crippen LogP contribution in [0.4, 0.5) is 23.7 Å². The molecule has 4 rings (SSSR count). The summed E-state index contributed by atoms with van der Waals surface area (Å²) in [6, 6.07) is 1.25. The van der Waals surface area contributed by atoms with E-state index in [-0.39, 0.29) is 13.0 Å². The highest BCUT2D eigenvalue weighted by molar-refractivity contribution is 7.90. The van der Waals surface area contributed by atoms with Crippen molar-refractivity contribution in [2.45, 2.75) is 56.4 Å². The molecule has 0 saturated carbocycles. The minimum atomic E-state index is -5.06. The number of rotatable bonds is 3. The van der Waals surface area contributed by atoms with Crippen LogP contribution in [0.15, 0.2) is 6.07 Å². The van der Waals surface area contributed by atoms with Crippen molar-refractivity contribution in [1.82, 2.24) is 9.62 Å². The van der Waals surface area contributed by atoms with Crippen LogP contribution in [0.1, 0.15) is 41.5 Å². The summed E-state index contributed by atoms with van der Waals surface area (Å²) in [5, 5.41) is 1.41. The number of likely N-dealkylation sites (tertiary alicyclic amines) is 1. The zero-order valence-electron chi connectivity index (χ0n) is 16.1. The maximum absolute atomic E-state index is 12.6. The lowest BCUT2D eigenvalue weighted by atomic mass is 9.99. The number of carbonyl (C=O) groups is 2. The second-order valence-corrected chi connectivity index (χ2v) is 9.96. The van der Waals surface area contributed by atoms with Gasteiger partial charge in [0.2, 0.25) is 10.0 Å². The van der Waals surface area contributed by atoms with Crippen LogP contribution in [0.25, 0.3) is 0 Å².